The van der Waals surface area contributed by atoms with Gasteiger partial charge in [-0.15, -0.1) is 0 Å². The molecule has 1 heterocycles. The number of nitriles is 1. The quantitative estimate of drug-likeness (QED) is 0.716. The Labute approximate surface area is 134 Å². The number of hydrogen-bond acceptors (Lipinski definition) is 5. The predicted molar refractivity (Wildman–Crippen MR) is 83.1 cm³/mol. The van der Waals surface area contributed by atoms with Crippen LogP contribution < -0.4 is 10.0 Å². The Morgan fingerprint density at radius 1 is 1.30 bits per heavy atom. The van der Waals surface area contributed by atoms with Crippen molar-refractivity contribution in [1.29, 1.82) is 5.26 Å². The molecule has 0 aliphatic rings. The number of urea groups is 1. The van der Waals surface area contributed by atoms with Gasteiger partial charge in [0.2, 0.25) is 0 Å². The summed E-state index contributed by atoms with van der Waals surface area (Å²) in [5.74, 6) is -0.423. The van der Waals surface area contributed by atoms with E-state index >= 15 is 0 Å². The molecule has 0 saturated heterocycles. The Morgan fingerprint density at radius 2 is 2.17 bits per heavy atom. The fourth-order valence-electron chi connectivity index (χ4n) is 1.88. The molecule has 6 nitrogen and oxygen atoms in total. The molecule has 2 N–H and O–H groups in total. The molecule has 0 saturated carbocycles. The van der Waals surface area contributed by atoms with Gasteiger partial charge in [-0.05, 0) is 30.3 Å². The van der Waals surface area contributed by atoms with Gasteiger partial charge >= 0.3 is 6.03 Å². The third kappa shape index (κ3) is 3.41. The van der Waals surface area contributed by atoms with Crippen LogP contribution in [0, 0.1) is 17.1 Å². The number of benzene rings is 2. The molecule has 0 aliphatic carbocycles. The number of nitrogens with zero attached hydrogens (tertiary/aromatic N) is 2. The number of carbonyl (C=O) groups is 1. The fraction of sp³-hybridized carbons (Fsp3) is 0. The molecule has 23 heavy (non-hydrogen) atoms. The average Bonchev–Trinajstić information content (AvgIpc) is 2.95. The number of amides is 2. The van der Waals surface area contributed by atoms with Crippen molar-refractivity contribution in [3.05, 3.63) is 53.8 Å². The Morgan fingerprint density at radius 3 is 3.00 bits per heavy atom. The zero-order chi connectivity index (χ0) is 16.2. The summed E-state index contributed by atoms with van der Waals surface area (Å²) in [6, 6.07) is 12.1. The van der Waals surface area contributed by atoms with Gasteiger partial charge in [-0.25, -0.2) is 9.18 Å². The second-order valence-corrected chi connectivity index (χ2v) is 5.27. The minimum Gasteiger partial charge on any atom is -0.355 e. The van der Waals surface area contributed by atoms with Crippen LogP contribution in [0.25, 0.3) is 11.0 Å². The molecule has 0 radical (unpaired) electrons. The molecule has 0 atom stereocenters. The first-order chi connectivity index (χ1) is 11.2. The minimum absolute atomic E-state index is 0.302. The molecule has 3 rings (SSSR count). The lowest BCUT2D eigenvalue weighted by Crippen LogP contribution is -2.22. The molecule has 0 bridgehead atoms. The van der Waals surface area contributed by atoms with Gasteiger partial charge in [0, 0.05) is 23.7 Å². The number of hydrogen-bond donors (Lipinski definition) is 2. The van der Waals surface area contributed by atoms with Crippen LogP contribution in [0.3, 0.4) is 0 Å². The van der Waals surface area contributed by atoms with Gasteiger partial charge in [0.1, 0.15) is 5.82 Å². The summed E-state index contributed by atoms with van der Waals surface area (Å²) in [6.07, 6.45) is 0. The normalized spacial score (nSPS) is 10.3. The van der Waals surface area contributed by atoms with Crippen molar-refractivity contribution < 1.29 is 13.7 Å². The molecule has 0 aliphatic heterocycles. The highest BCUT2D eigenvalue weighted by atomic mass is 32.2. The van der Waals surface area contributed by atoms with Crippen LogP contribution in [-0.4, -0.2) is 11.2 Å². The van der Waals surface area contributed by atoms with Crippen LogP contribution in [0.5, 0.6) is 0 Å². The lowest BCUT2D eigenvalue weighted by molar-refractivity contribution is 0.257. The van der Waals surface area contributed by atoms with Crippen LogP contribution in [-0.2, 0) is 0 Å². The van der Waals surface area contributed by atoms with Crippen LogP contribution in [0.1, 0.15) is 5.56 Å². The average molecular weight is 328 g/mol. The van der Waals surface area contributed by atoms with Crippen molar-refractivity contribution in [2.75, 3.05) is 5.32 Å². The van der Waals surface area contributed by atoms with Crippen molar-refractivity contribution in [3.63, 3.8) is 0 Å². The molecular formula is C15H9FN4O2S. The van der Waals surface area contributed by atoms with E-state index in [0.717, 1.165) is 11.9 Å². The lowest BCUT2D eigenvalue weighted by atomic mass is 10.2. The number of halogens is 1. The van der Waals surface area contributed by atoms with Gasteiger partial charge < -0.3 is 9.84 Å². The van der Waals surface area contributed by atoms with Crippen LogP contribution in [0.2, 0.25) is 0 Å². The molecule has 2 aromatic carbocycles. The Balaban J connectivity index is 1.65. The van der Waals surface area contributed by atoms with E-state index in [1.165, 1.54) is 18.2 Å². The number of anilines is 1. The summed E-state index contributed by atoms with van der Waals surface area (Å²) in [6.45, 7) is 0. The van der Waals surface area contributed by atoms with Gasteiger partial charge in [-0.3, -0.25) is 4.72 Å². The molecule has 0 fully saturated rings. The number of fused-ring (bicyclic) bond motifs is 1. The van der Waals surface area contributed by atoms with Crippen molar-refractivity contribution in [2.24, 2.45) is 0 Å². The molecule has 1 aromatic heterocycles. The second-order valence-electron chi connectivity index (χ2n) is 4.48. The standard InChI is InChI=1S/C15H9FN4O2S/c16-10-4-5-12-13(7-10)22-19-14(12)23-20-15(21)18-11-3-1-2-9(6-11)8-17/h1-7H,(H2,18,20,21). The van der Waals surface area contributed by atoms with Gasteiger partial charge in [0.15, 0.2) is 10.6 Å². The molecule has 114 valence electrons. The summed E-state index contributed by atoms with van der Waals surface area (Å²) in [5, 5.41) is 16.2. The van der Waals surface area contributed by atoms with E-state index in [0.29, 0.717) is 27.2 Å². The molecule has 3 aromatic rings. The maximum absolute atomic E-state index is 13.1. The largest absolute Gasteiger partial charge is 0.355 e. The first kappa shape index (κ1) is 14.9. The zero-order valence-electron chi connectivity index (χ0n) is 11.5. The first-order valence-electron chi connectivity index (χ1n) is 6.44. The zero-order valence-corrected chi connectivity index (χ0v) is 12.4. The van der Waals surface area contributed by atoms with Gasteiger partial charge in [-0.2, -0.15) is 5.26 Å². The Kier molecular flexibility index (Phi) is 4.12. The van der Waals surface area contributed by atoms with E-state index in [1.807, 2.05) is 6.07 Å². The number of aromatic nitrogens is 1. The van der Waals surface area contributed by atoms with Gasteiger partial charge in [-0.1, -0.05) is 11.2 Å². The van der Waals surface area contributed by atoms with Gasteiger partial charge in [0.25, 0.3) is 0 Å². The summed E-state index contributed by atoms with van der Waals surface area (Å²) in [4.78, 5) is 11.9. The van der Waals surface area contributed by atoms with Crippen molar-refractivity contribution in [2.45, 2.75) is 5.03 Å². The second kappa shape index (κ2) is 6.37. The van der Waals surface area contributed by atoms with Crippen LogP contribution >= 0.6 is 11.9 Å². The molecule has 2 amide bonds. The SMILES string of the molecule is N#Cc1cccc(NC(=O)NSc2noc3cc(F)ccc23)c1. The molecule has 0 spiro atoms. The Hall–Kier alpha value is -3.05. The summed E-state index contributed by atoms with van der Waals surface area (Å²) < 4.78 is 20.6. The van der Waals surface area contributed by atoms with Crippen molar-refractivity contribution >= 4 is 34.6 Å². The summed E-state index contributed by atoms with van der Waals surface area (Å²) in [7, 11) is 0. The van der Waals surface area contributed by atoms with Crippen LogP contribution in [0.15, 0.2) is 52.0 Å². The third-order valence-corrected chi connectivity index (χ3v) is 3.67. The maximum atomic E-state index is 13.1. The highest BCUT2D eigenvalue weighted by Crippen LogP contribution is 2.26. The van der Waals surface area contributed by atoms with E-state index < -0.39 is 11.8 Å². The minimum atomic E-state index is -0.483. The van der Waals surface area contributed by atoms with Crippen molar-refractivity contribution in [3.8, 4) is 6.07 Å². The number of rotatable bonds is 3. The van der Waals surface area contributed by atoms with E-state index in [-0.39, 0.29) is 0 Å². The first-order valence-corrected chi connectivity index (χ1v) is 7.26. The van der Waals surface area contributed by atoms with Crippen LogP contribution in [0.4, 0.5) is 14.9 Å². The van der Waals surface area contributed by atoms with Crippen molar-refractivity contribution in [1.82, 2.24) is 9.88 Å². The molecule has 8 heteroatoms. The summed E-state index contributed by atoms with van der Waals surface area (Å²) >= 11 is 0.945. The third-order valence-electron chi connectivity index (χ3n) is 2.89. The van der Waals surface area contributed by atoms with E-state index in [4.69, 9.17) is 9.78 Å². The molecular weight excluding hydrogens is 319 g/mol. The number of carbonyl (C=O) groups excluding carboxylic acids is 1. The maximum Gasteiger partial charge on any atom is 0.329 e. The molecule has 0 unspecified atom stereocenters. The number of nitrogens with one attached hydrogen (secondary N) is 2. The predicted octanol–water partition coefficient (Wildman–Crippen LogP) is 3.67. The van der Waals surface area contributed by atoms with E-state index in [9.17, 15) is 9.18 Å². The summed E-state index contributed by atoms with van der Waals surface area (Å²) in [5.41, 5.74) is 1.24. The topological polar surface area (TPSA) is 91.0 Å². The highest BCUT2D eigenvalue weighted by molar-refractivity contribution is 7.98. The van der Waals surface area contributed by atoms with Gasteiger partial charge in [0.05, 0.1) is 17.0 Å². The van der Waals surface area contributed by atoms with E-state index in [1.54, 1.807) is 24.3 Å². The smallest absolute Gasteiger partial charge is 0.329 e. The highest BCUT2D eigenvalue weighted by Gasteiger charge is 2.11. The Bertz CT molecular complexity index is 919. The van der Waals surface area contributed by atoms with E-state index in [2.05, 4.69) is 15.2 Å². The monoisotopic (exact) mass is 328 g/mol. The lowest BCUT2D eigenvalue weighted by Gasteiger charge is -2.05. The fourth-order valence-corrected chi connectivity index (χ4v) is 2.47.